The van der Waals surface area contributed by atoms with E-state index in [9.17, 15) is 34.2 Å². The number of primary amides is 1. The molecule has 0 aliphatic rings. The molecule has 0 aliphatic heterocycles. The van der Waals surface area contributed by atoms with Crippen LogP contribution in [0, 0.1) is 5.92 Å². The van der Waals surface area contributed by atoms with Crippen molar-refractivity contribution in [3.63, 3.8) is 0 Å². The number of aliphatic hydroxyl groups excluding tert-OH is 1. The Morgan fingerprint density at radius 1 is 0.946 bits per heavy atom. The topological polar surface area (TPSA) is 197 Å². The lowest BCUT2D eigenvalue weighted by Crippen LogP contribution is -2.57. The number of amides is 4. The molecule has 1 aromatic carbocycles. The number of carboxylic acid groups (broad SMARTS) is 1. The van der Waals surface area contributed by atoms with Crippen LogP contribution >= 0.6 is 0 Å². The van der Waals surface area contributed by atoms with Crippen LogP contribution < -0.4 is 21.7 Å². The number of benzene rings is 1. The first-order valence-corrected chi connectivity index (χ1v) is 11.9. The smallest absolute Gasteiger partial charge is 0.407 e. The van der Waals surface area contributed by atoms with Gasteiger partial charge in [-0.2, -0.15) is 0 Å². The molecule has 0 heterocycles. The Kier molecular flexibility index (Phi) is 12.0. The molecule has 37 heavy (non-hydrogen) atoms. The molecule has 0 saturated carbocycles. The first-order chi connectivity index (χ1) is 17.1. The van der Waals surface area contributed by atoms with Crippen LogP contribution in [-0.4, -0.2) is 69.8 Å². The van der Waals surface area contributed by atoms with Crippen molar-refractivity contribution in [1.82, 2.24) is 16.0 Å². The summed E-state index contributed by atoms with van der Waals surface area (Å²) in [4.78, 5) is 60.8. The fourth-order valence-electron chi connectivity index (χ4n) is 3.38. The van der Waals surface area contributed by atoms with E-state index in [1.807, 2.05) is 0 Å². The maximum Gasteiger partial charge on any atom is 0.407 e. The summed E-state index contributed by atoms with van der Waals surface area (Å²) in [6, 6.07) is 4.92. The average molecular weight is 523 g/mol. The number of carboxylic acids is 1. The Bertz CT molecular complexity index is 946. The molecule has 0 aromatic heterocycles. The van der Waals surface area contributed by atoms with Crippen LogP contribution in [-0.2, 0) is 30.3 Å². The van der Waals surface area contributed by atoms with Gasteiger partial charge in [-0.25, -0.2) is 9.59 Å². The highest BCUT2D eigenvalue weighted by Gasteiger charge is 2.34. The molecular formula is C25H38N4O8. The van der Waals surface area contributed by atoms with Crippen LogP contribution in [0.15, 0.2) is 30.3 Å². The summed E-state index contributed by atoms with van der Waals surface area (Å²) < 4.78 is 5.26. The molecule has 0 bridgehead atoms. The number of aliphatic hydroxyl groups is 1. The summed E-state index contributed by atoms with van der Waals surface area (Å²) in [5, 5.41) is 27.3. The lowest BCUT2D eigenvalue weighted by atomic mass is 9.99. The Hall–Kier alpha value is -3.67. The van der Waals surface area contributed by atoms with Crippen LogP contribution in [0.1, 0.15) is 53.0 Å². The summed E-state index contributed by atoms with van der Waals surface area (Å²) in [5.74, 6) is -4.31. The predicted octanol–water partition coefficient (Wildman–Crippen LogP) is 0.459. The highest BCUT2D eigenvalue weighted by Crippen LogP contribution is 2.12. The second-order valence-corrected chi connectivity index (χ2v) is 10.1. The fourth-order valence-corrected chi connectivity index (χ4v) is 3.38. The van der Waals surface area contributed by atoms with Crippen molar-refractivity contribution >= 4 is 29.8 Å². The van der Waals surface area contributed by atoms with Gasteiger partial charge < -0.3 is 36.6 Å². The van der Waals surface area contributed by atoms with E-state index in [1.165, 1.54) is 0 Å². The number of nitrogens with one attached hydrogen (secondary N) is 3. The summed E-state index contributed by atoms with van der Waals surface area (Å²) in [7, 11) is 0. The monoisotopic (exact) mass is 522 g/mol. The van der Waals surface area contributed by atoms with E-state index in [0.29, 0.717) is 0 Å². The predicted molar refractivity (Wildman–Crippen MR) is 134 cm³/mol. The third-order valence-corrected chi connectivity index (χ3v) is 5.01. The van der Waals surface area contributed by atoms with Gasteiger partial charge in [0, 0.05) is 0 Å². The van der Waals surface area contributed by atoms with E-state index in [1.54, 1.807) is 65.0 Å². The molecule has 0 saturated heterocycles. The second kappa shape index (κ2) is 14.2. The summed E-state index contributed by atoms with van der Waals surface area (Å²) >= 11 is 0. The first kappa shape index (κ1) is 31.4. The maximum atomic E-state index is 13.0. The average Bonchev–Trinajstić information content (AvgIpc) is 2.75. The third kappa shape index (κ3) is 12.2. The summed E-state index contributed by atoms with van der Waals surface area (Å²) in [5.41, 5.74) is 4.96. The van der Waals surface area contributed by atoms with Gasteiger partial charge in [0.15, 0.2) is 6.10 Å². The van der Waals surface area contributed by atoms with Crippen LogP contribution in [0.3, 0.4) is 0 Å². The van der Waals surface area contributed by atoms with E-state index >= 15 is 0 Å². The van der Waals surface area contributed by atoms with E-state index < -0.39 is 66.0 Å². The zero-order valence-electron chi connectivity index (χ0n) is 21.8. The van der Waals surface area contributed by atoms with Gasteiger partial charge in [0.2, 0.25) is 11.8 Å². The molecule has 206 valence electrons. The molecule has 0 aliphatic carbocycles. The molecule has 4 amide bonds. The highest BCUT2D eigenvalue weighted by atomic mass is 16.6. The number of ether oxygens (including phenoxy) is 1. The Morgan fingerprint density at radius 2 is 1.51 bits per heavy atom. The zero-order chi connectivity index (χ0) is 28.3. The number of carbonyl (C=O) groups excluding carboxylic acids is 4. The van der Waals surface area contributed by atoms with E-state index in [4.69, 9.17) is 10.5 Å². The van der Waals surface area contributed by atoms with Gasteiger partial charge >= 0.3 is 12.1 Å². The van der Waals surface area contributed by atoms with E-state index in [-0.39, 0.29) is 18.8 Å². The number of carbonyl (C=O) groups is 5. The van der Waals surface area contributed by atoms with Crippen LogP contribution in [0.4, 0.5) is 4.79 Å². The van der Waals surface area contributed by atoms with Crippen molar-refractivity contribution in [2.45, 2.75) is 83.7 Å². The van der Waals surface area contributed by atoms with Gasteiger partial charge in [0.1, 0.15) is 17.7 Å². The number of rotatable bonds is 13. The molecule has 12 heteroatoms. The molecule has 0 spiro atoms. The van der Waals surface area contributed by atoms with Gasteiger partial charge in [0.05, 0.1) is 12.5 Å². The molecular weight excluding hydrogens is 484 g/mol. The minimum Gasteiger partial charge on any atom is -0.480 e. The van der Waals surface area contributed by atoms with Gasteiger partial charge in [-0.3, -0.25) is 14.4 Å². The van der Waals surface area contributed by atoms with Gasteiger partial charge in [-0.1, -0.05) is 44.2 Å². The number of alkyl carbamates (subject to hydrolysis) is 1. The quantitative estimate of drug-likeness (QED) is 0.215. The molecule has 4 atom stereocenters. The van der Waals surface area contributed by atoms with Crippen LogP contribution in [0.5, 0.6) is 0 Å². The standard InChI is InChI=1S/C25H38N4O8/c1-14(2)11-17(21(32)28-18(23(34)35)13-19(26)30)27-22(33)20(31)16(12-15-9-7-6-8-10-15)29-24(36)37-25(3,4)5/h6-10,14,16-18,20,31H,11-13H2,1-5H3,(H2,26,30)(H,27,33)(H,28,32)(H,29,36)(H,34,35)/t16-,17+,18+,20+/m1/s1. The minimum atomic E-state index is -1.78. The molecule has 7 N–H and O–H groups in total. The lowest BCUT2D eigenvalue weighted by Gasteiger charge is -2.28. The van der Waals surface area contributed by atoms with E-state index in [0.717, 1.165) is 5.56 Å². The van der Waals surface area contributed by atoms with Gasteiger partial charge in [-0.05, 0) is 45.1 Å². The number of hydrogen-bond acceptors (Lipinski definition) is 7. The van der Waals surface area contributed by atoms with Crippen molar-refractivity contribution in [2.75, 3.05) is 0 Å². The number of nitrogens with two attached hydrogens (primary N) is 1. The maximum absolute atomic E-state index is 13.0. The number of hydrogen-bond donors (Lipinski definition) is 6. The van der Waals surface area contributed by atoms with Crippen molar-refractivity contribution in [3.05, 3.63) is 35.9 Å². The summed E-state index contributed by atoms with van der Waals surface area (Å²) in [6.07, 6.45) is -3.07. The van der Waals surface area contributed by atoms with Crippen molar-refractivity contribution < 1.29 is 38.9 Å². The second-order valence-electron chi connectivity index (χ2n) is 10.1. The Morgan fingerprint density at radius 3 is 2.00 bits per heavy atom. The van der Waals surface area contributed by atoms with E-state index in [2.05, 4.69) is 16.0 Å². The normalized spacial score (nSPS) is 14.6. The van der Waals surface area contributed by atoms with Gasteiger partial charge in [-0.15, -0.1) is 0 Å². The molecule has 1 rings (SSSR count). The highest BCUT2D eigenvalue weighted by molar-refractivity contribution is 5.93. The molecule has 1 aromatic rings. The zero-order valence-corrected chi connectivity index (χ0v) is 21.8. The Labute approximate surface area is 216 Å². The van der Waals surface area contributed by atoms with Crippen molar-refractivity contribution in [2.24, 2.45) is 11.7 Å². The SMILES string of the molecule is CC(C)C[C@H](NC(=O)[C@@H](O)[C@@H](Cc1ccccc1)NC(=O)OC(C)(C)C)C(=O)N[C@@H](CC(N)=O)C(=O)O. The Balaban J connectivity index is 3.09. The minimum absolute atomic E-state index is 0.0788. The molecule has 12 nitrogen and oxygen atoms in total. The van der Waals surface area contributed by atoms with Crippen molar-refractivity contribution in [1.29, 1.82) is 0 Å². The number of aliphatic carboxylic acids is 1. The summed E-state index contributed by atoms with van der Waals surface area (Å²) in [6.45, 7) is 8.56. The van der Waals surface area contributed by atoms with Crippen LogP contribution in [0.25, 0.3) is 0 Å². The third-order valence-electron chi connectivity index (χ3n) is 5.01. The fraction of sp³-hybridized carbons (Fsp3) is 0.560. The molecule has 0 radical (unpaired) electrons. The van der Waals surface area contributed by atoms with Crippen molar-refractivity contribution in [3.8, 4) is 0 Å². The molecule has 0 fully saturated rings. The molecule has 0 unspecified atom stereocenters. The first-order valence-electron chi connectivity index (χ1n) is 11.9. The largest absolute Gasteiger partial charge is 0.480 e. The van der Waals surface area contributed by atoms with Gasteiger partial charge in [0.25, 0.3) is 5.91 Å². The van der Waals surface area contributed by atoms with Crippen LogP contribution in [0.2, 0.25) is 0 Å². The lowest BCUT2D eigenvalue weighted by molar-refractivity contribution is -0.144.